The van der Waals surface area contributed by atoms with Crippen molar-refractivity contribution in [3.8, 4) is 0 Å². The second kappa shape index (κ2) is 4.54. The Bertz CT molecular complexity index is 227. The first-order valence-corrected chi connectivity index (χ1v) is 6.48. The number of aliphatic imine (C=N–C) groups is 1. The third-order valence-electron chi connectivity index (χ3n) is 3.96. The molecule has 0 atom stereocenters. The predicted octanol–water partition coefficient (Wildman–Crippen LogP) is 3.22. The molecule has 2 heteroatoms. The molecule has 2 rings (SSSR count). The Labute approximate surface area is 93.8 Å². The van der Waals surface area contributed by atoms with Gasteiger partial charge in [-0.3, -0.25) is 4.99 Å². The molecule has 0 spiro atoms. The second-order valence-corrected chi connectivity index (χ2v) is 5.67. The fourth-order valence-corrected chi connectivity index (χ4v) is 2.75. The zero-order valence-corrected chi connectivity index (χ0v) is 10.2. The first-order chi connectivity index (χ1) is 7.18. The van der Waals surface area contributed by atoms with Gasteiger partial charge in [0.25, 0.3) is 0 Å². The molecule has 0 aromatic rings. The summed E-state index contributed by atoms with van der Waals surface area (Å²) in [5.74, 6) is 0. The van der Waals surface area contributed by atoms with Gasteiger partial charge in [0.2, 0.25) is 0 Å². The van der Waals surface area contributed by atoms with Crippen molar-refractivity contribution in [3.63, 3.8) is 0 Å². The fraction of sp³-hybridized carbons (Fsp3) is 0.923. The van der Waals surface area contributed by atoms with Crippen LogP contribution in [-0.2, 0) is 0 Å². The lowest BCUT2D eigenvalue weighted by Gasteiger charge is -2.30. The van der Waals surface area contributed by atoms with Crippen LogP contribution < -0.4 is 0 Å². The molecule has 0 aromatic carbocycles. The average molecular weight is 208 g/mol. The topological polar surface area (TPSA) is 15.6 Å². The van der Waals surface area contributed by atoms with E-state index in [2.05, 4.69) is 25.1 Å². The summed E-state index contributed by atoms with van der Waals surface area (Å²) in [4.78, 5) is 7.19. The van der Waals surface area contributed by atoms with Crippen LogP contribution in [0.15, 0.2) is 4.99 Å². The van der Waals surface area contributed by atoms with Crippen molar-refractivity contribution in [1.29, 1.82) is 0 Å². The standard InChI is InChI=1S/C13H24N2/c1-13(2)9-6-10-15(13)11-14-12-7-4-3-5-8-12/h11-12H,3-10H2,1-2H3/b14-11+. The zero-order valence-electron chi connectivity index (χ0n) is 10.2. The molecule has 0 unspecified atom stereocenters. The Morgan fingerprint density at radius 3 is 2.47 bits per heavy atom. The Morgan fingerprint density at radius 1 is 1.13 bits per heavy atom. The van der Waals surface area contributed by atoms with Gasteiger partial charge in [-0.2, -0.15) is 0 Å². The van der Waals surface area contributed by atoms with Gasteiger partial charge in [-0.15, -0.1) is 0 Å². The third-order valence-corrected chi connectivity index (χ3v) is 3.96. The largest absolute Gasteiger partial charge is 0.358 e. The van der Waals surface area contributed by atoms with Gasteiger partial charge in [0.15, 0.2) is 0 Å². The van der Waals surface area contributed by atoms with Crippen molar-refractivity contribution in [2.24, 2.45) is 4.99 Å². The van der Waals surface area contributed by atoms with E-state index in [4.69, 9.17) is 4.99 Å². The van der Waals surface area contributed by atoms with E-state index in [0.717, 1.165) is 0 Å². The summed E-state index contributed by atoms with van der Waals surface area (Å²) >= 11 is 0. The highest BCUT2D eigenvalue weighted by Gasteiger charge is 2.29. The molecular weight excluding hydrogens is 184 g/mol. The van der Waals surface area contributed by atoms with Crippen LogP contribution in [0.2, 0.25) is 0 Å². The molecule has 2 nitrogen and oxygen atoms in total. The number of hydrogen-bond acceptors (Lipinski definition) is 1. The molecule has 1 aliphatic carbocycles. The summed E-state index contributed by atoms with van der Waals surface area (Å²) in [5.41, 5.74) is 0.345. The molecule has 0 bridgehead atoms. The second-order valence-electron chi connectivity index (χ2n) is 5.67. The van der Waals surface area contributed by atoms with Gasteiger partial charge in [0.1, 0.15) is 0 Å². The zero-order chi connectivity index (χ0) is 10.7. The van der Waals surface area contributed by atoms with Gasteiger partial charge >= 0.3 is 0 Å². The first-order valence-electron chi connectivity index (χ1n) is 6.48. The summed E-state index contributed by atoms with van der Waals surface area (Å²) in [7, 11) is 0. The van der Waals surface area contributed by atoms with Crippen LogP contribution in [0.5, 0.6) is 0 Å². The fourth-order valence-electron chi connectivity index (χ4n) is 2.75. The molecule has 1 saturated carbocycles. The molecule has 2 fully saturated rings. The van der Waals surface area contributed by atoms with Crippen LogP contribution in [0.1, 0.15) is 58.8 Å². The van der Waals surface area contributed by atoms with Crippen LogP contribution >= 0.6 is 0 Å². The smallest absolute Gasteiger partial charge is 0.0857 e. The third kappa shape index (κ3) is 2.73. The van der Waals surface area contributed by atoms with E-state index in [9.17, 15) is 0 Å². The number of nitrogens with zero attached hydrogens (tertiary/aromatic N) is 2. The molecule has 0 aromatic heterocycles. The first kappa shape index (κ1) is 11.0. The minimum Gasteiger partial charge on any atom is -0.358 e. The molecule has 1 saturated heterocycles. The molecule has 86 valence electrons. The lowest BCUT2D eigenvalue weighted by molar-refractivity contribution is 0.287. The molecule has 1 aliphatic heterocycles. The number of hydrogen-bond donors (Lipinski definition) is 0. The van der Waals surface area contributed by atoms with E-state index in [0.29, 0.717) is 11.6 Å². The van der Waals surface area contributed by atoms with Crippen molar-refractivity contribution in [2.75, 3.05) is 6.54 Å². The maximum absolute atomic E-state index is 4.76. The van der Waals surface area contributed by atoms with Crippen LogP contribution in [0.25, 0.3) is 0 Å². The SMILES string of the molecule is CC1(C)CCCN1/C=N/C1CCCCC1. The van der Waals surface area contributed by atoms with Crippen LogP contribution in [-0.4, -0.2) is 29.4 Å². The highest BCUT2D eigenvalue weighted by molar-refractivity contribution is 5.57. The number of rotatable bonds is 2. The monoisotopic (exact) mass is 208 g/mol. The van der Waals surface area contributed by atoms with E-state index in [1.54, 1.807) is 0 Å². The molecule has 0 N–H and O–H groups in total. The summed E-state index contributed by atoms with van der Waals surface area (Å²) in [5, 5.41) is 0. The highest BCUT2D eigenvalue weighted by atomic mass is 15.2. The summed E-state index contributed by atoms with van der Waals surface area (Å²) in [6, 6.07) is 0.621. The number of likely N-dealkylation sites (tertiary alicyclic amines) is 1. The van der Waals surface area contributed by atoms with Gasteiger partial charge in [-0.25, -0.2) is 0 Å². The molecule has 15 heavy (non-hydrogen) atoms. The summed E-state index contributed by atoms with van der Waals surface area (Å²) in [6.45, 7) is 5.85. The van der Waals surface area contributed by atoms with E-state index in [1.807, 2.05) is 0 Å². The van der Waals surface area contributed by atoms with Crippen molar-refractivity contribution in [3.05, 3.63) is 0 Å². The predicted molar refractivity (Wildman–Crippen MR) is 65.4 cm³/mol. The minimum atomic E-state index is 0.345. The van der Waals surface area contributed by atoms with E-state index >= 15 is 0 Å². The molecule has 0 radical (unpaired) electrons. The lowest BCUT2D eigenvalue weighted by atomic mass is 9.96. The van der Waals surface area contributed by atoms with Crippen molar-refractivity contribution >= 4 is 6.34 Å². The maximum Gasteiger partial charge on any atom is 0.0857 e. The summed E-state index contributed by atoms with van der Waals surface area (Å²) in [6.07, 6.45) is 11.6. The van der Waals surface area contributed by atoms with E-state index < -0.39 is 0 Å². The van der Waals surface area contributed by atoms with Gasteiger partial charge in [0, 0.05) is 12.1 Å². The van der Waals surface area contributed by atoms with E-state index in [1.165, 1.54) is 51.5 Å². The molecule has 1 heterocycles. The Balaban J connectivity index is 1.87. The van der Waals surface area contributed by atoms with Crippen LogP contribution in [0, 0.1) is 0 Å². The lowest BCUT2D eigenvalue weighted by Crippen LogP contribution is -2.37. The quantitative estimate of drug-likeness (QED) is 0.502. The van der Waals surface area contributed by atoms with Crippen molar-refractivity contribution < 1.29 is 0 Å². The Morgan fingerprint density at radius 2 is 1.87 bits per heavy atom. The van der Waals surface area contributed by atoms with Crippen molar-refractivity contribution in [2.45, 2.75) is 70.4 Å². The Kier molecular flexibility index (Phi) is 3.32. The van der Waals surface area contributed by atoms with Crippen molar-refractivity contribution in [1.82, 2.24) is 4.90 Å². The Hall–Kier alpha value is -0.530. The van der Waals surface area contributed by atoms with Gasteiger partial charge in [-0.05, 0) is 39.5 Å². The minimum absolute atomic E-state index is 0.345. The van der Waals surface area contributed by atoms with Gasteiger partial charge in [0.05, 0.1) is 12.4 Å². The normalized spacial score (nSPS) is 27.7. The van der Waals surface area contributed by atoms with Crippen LogP contribution in [0.4, 0.5) is 0 Å². The summed E-state index contributed by atoms with van der Waals surface area (Å²) < 4.78 is 0. The molecular formula is C13H24N2. The maximum atomic E-state index is 4.76. The van der Waals surface area contributed by atoms with Crippen LogP contribution in [0.3, 0.4) is 0 Å². The molecule has 2 aliphatic rings. The highest BCUT2D eigenvalue weighted by Crippen LogP contribution is 2.27. The average Bonchev–Trinajstić information content (AvgIpc) is 2.56. The van der Waals surface area contributed by atoms with Gasteiger partial charge < -0.3 is 4.90 Å². The van der Waals surface area contributed by atoms with E-state index in [-0.39, 0.29) is 0 Å². The van der Waals surface area contributed by atoms with Gasteiger partial charge in [-0.1, -0.05) is 19.3 Å². The molecule has 0 amide bonds.